The van der Waals surface area contributed by atoms with Gasteiger partial charge in [0, 0.05) is 18.7 Å². The van der Waals surface area contributed by atoms with E-state index in [0.717, 1.165) is 19.4 Å². The van der Waals surface area contributed by atoms with E-state index < -0.39 is 0 Å². The molecular formula is C19H29NO. The zero-order valence-electron chi connectivity index (χ0n) is 13.5. The Kier molecular flexibility index (Phi) is 4.66. The van der Waals surface area contributed by atoms with E-state index in [0.29, 0.717) is 12.1 Å². The maximum absolute atomic E-state index is 6.13. The van der Waals surface area contributed by atoms with Crippen LogP contribution in [0.3, 0.4) is 0 Å². The van der Waals surface area contributed by atoms with Crippen molar-refractivity contribution in [2.75, 3.05) is 6.61 Å². The molecule has 116 valence electrons. The second-order valence-electron chi connectivity index (χ2n) is 6.91. The predicted molar refractivity (Wildman–Crippen MR) is 87.5 cm³/mol. The monoisotopic (exact) mass is 287 g/mol. The molecule has 1 N–H and O–H groups in total. The van der Waals surface area contributed by atoms with E-state index in [1.54, 1.807) is 0 Å². The van der Waals surface area contributed by atoms with Gasteiger partial charge in [0.25, 0.3) is 0 Å². The number of rotatable bonds is 4. The number of ether oxygens (including phenoxy) is 1. The van der Waals surface area contributed by atoms with Crippen LogP contribution in [0.1, 0.15) is 69.5 Å². The lowest BCUT2D eigenvalue weighted by Crippen LogP contribution is -2.46. The minimum Gasteiger partial charge on any atom is -0.375 e. The molecule has 0 bridgehead atoms. The first kappa shape index (κ1) is 15.1. The molecule has 0 aromatic heterocycles. The highest BCUT2D eigenvalue weighted by Crippen LogP contribution is 2.40. The average molecular weight is 287 g/mol. The minimum absolute atomic E-state index is 0.210. The van der Waals surface area contributed by atoms with Gasteiger partial charge in [-0.05, 0) is 50.2 Å². The van der Waals surface area contributed by atoms with Crippen molar-refractivity contribution < 1.29 is 4.74 Å². The molecule has 0 radical (unpaired) electrons. The van der Waals surface area contributed by atoms with Crippen molar-refractivity contribution in [2.45, 2.75) is 76.5 Å². The Morgan fingerprint density at radius 3 is 2.62 bits per heavy atom. The van der Waals surface area contributed by atoms with Gasteiger partial charge in [0.1, 0.15) is 0 Å². The Hall–Kier alpha value is -0.860. The van der Waals surface area contributed by atoms with Gasteiger partial charge < -0.3 is 10.1 Å². The summed E-state index contributed by atoms with van der Waals surface area (Å²) in [6.45, 7) is 5.43. The first-order chi connectivity index (χ1) is 10.2. The maximum atomic E-state index is 6.13. The van der Waals surface area contributed by atoms with Gasteiger partial charge in [0.15, 0.2) is 0 Å². The highest BCUT2D eigenvalue weighted by molar-refractivity contribution is 5.24. The lowest BCUT2D eigenvalue weighted by Gasteiger charge is -2.39. The molecule has 2 fully saturated rings. The van der Waals surface area contributed by atoms with Crippen LogP contribution < -0.4 is 5.32 Å². The second-order valence-corrected chi connectivity index (χ2v) is 6.91. The molecular weight excluding hydrogens is 258 g/mol. The smallest absolute Gasteiger partial charge is 0.0697 e. The molecule has 0 amide bonds. The molecule has 1 spiro atoms. The SMILES string of the molecule is CCc1ccc(C(C)NC2CCOC3(CCCC3)C2)cc1. The van der Waals surface area contributed by atoms with Gasteiger partial charge in [-0.2, -0.15) is 0 Å². The molecule has 2 aliphatic rings. The van der Waals surface area contributed by atoms with Crippen molar-refractivity contribution >= 4 is 0 Å². The topological polar surface area (TPSA) is 21.3 Å². The van der Waals surface area contributed by atoms with Crippen molar-refractivity contribution in [3.05, 3.63) is 35.4 Å². The number of aryl methyl sites for hydroxylation is 1. The Morgan fingerprint density at radius 1 is 1.24 bits per heavy atom. The molecule has 1 aliphatic carbocycles. The zero-order chi connectivity index (χ0) is 14.7. The number of benzene rings is 1. The fraction of sp³-hybridized carbons (Fsp3) is 0.684. The van der Waals surface area contributed by atoms with Gasteiger partial charge in [-0.15, -0.1) is 0 Å². The molecule has 1 saturated heterocycles. The molecule has 2 atom stereocenters. The summed E-state index contributed by atoms with van der Waals surface area (Å²) in [5.74, 6) is 0. The molecule has 3 rings (SSSR count). The maximum Gasteiger partial charge on any atom is 0.0697 e. The summed E-state index contributed by atoms with van der Waals surface area (Å²) in [5.41, 5.74) is 3.03. The third-order valence-corrected chi connectivity index (χ3v) is 5.38. The zero-order valence-corrected chi connectivity index (χ0v) is 13.5. The number of hydrogen-bond acceptors (Lipinski definition) is 2. The van der Waals surface area contributed by atoms with Crippen molar-refractivity contribution in [1.29, 1.82) is 0 Å². The van der Waals surface area contributed by atoms with Crippen LogP contribution in [0.15, 0.2) is 24.3 Å². The summed E-state index contributed by atoms with van der Waals surface area (Å²) in [6.07, 6.45) is 8.70. The molecule has 21 heavy (non-hydrogen) atoms. The van der Waals surface area contributed by atoms with E-state index in [1.165, 1.54) is 43.2 Å². The van der Waals surface area contributed by atoms with E-state index in [1.807, 2.05) is 0 Å². The van der Waals surface area contributed by atoms with Crippen LogP contribution in [0.2, 0.25) is 0 Å². The van der Waals surface area contributed by atoms with E-state index in [2.05, 4.69) is 43.4 Å². The summed E-state index contributed by atoms with van der Waals surface area (Å²) in [4.78, 5) is 0. The first-order valence-electron chi connectivity index (χ1n) is 8.70. The lowest BCUT2D eigenvalue weighted by molar-refractivity contribution is -0.0846. The van der Waals surface area contributed by atoms with Gasteiger partial charge >= 0.3 is 0 Å². The molecule has 1 aromatic rings. The highest BCUT2D eigenvalue weighted by atomic mass is 16.5. The summed E-state index contributed by atoms with van der Waals surface area (Å²) in [5, 5.41) is 3.84. The molecule has 2 unspecified atom stereocenters. The molecule has 1 heterocycles. The lowest BCUT2D eigenvalue weighted by atomic mass is 9.88. The van der Waals surface area contributed by atoms with E-state index in [4.69, 9.17) is 4.74 Å². The second kappa shape index (κ2) is 6.50. The predicted octanol–water partition coefficient (Wildman–Crippen LogP) is 4.39. The number of nitrogens with one attached hydrogen (secondary N) is 1. The Morgan fingerprint density at radius 2 is 1.95 bits per heavy atom. The van der Waals surface area contributed by atoms with Crippen LogP contribution in [0.25, 0.3) is 0 Å². The summed E-state index contributed by atoms with van der Waals surface area (Å²) in [6, 6.07) is 10.1. The van der Waals surface area contributed by atoms with Crippen molar-refractivity contribution in [3.8, 4) is 0 Å². The van der Waals surface area contributed by atoms with Crippen molar-refractivity contribution in [1.82, 2.24) is 5.32 Å². The van der Waals surface area contributed by atoms with Gasteiger partial charge in [0.05, 0.1) is 5.60 Å². The highest BCUT2D eigenvalue weighted by Gasteiger charge is 2.40. The third kappa shape index (κ3) is 3.49. The van der Waals surface area contributed by atoms with E-state index >= 15 is 0 Å². The standard InChI is InChI=1S/C19H29NO/c1-3-16-6-8-17(9-7-16)15(2)20-18-10-13-21-19(14-18)11-4-5-12-19/h6-9,15,18,20H,3-5,10-14H2,1-2H3. The summed E-state index contributed by atoms with van der Waals surface area (Å²) in [7, 11) is 0. The third-order valence-electron chi connectivity index (χ3n) is 5.38. The Labute approximate surface area is 129 Å². The van der Waals surface area contributed by atoms with E-state index in [9.17, 15) is 0 Å². The van der Waals surface area contributed by atoms with Gasteiger partial charge in [-0.25, -0.2) is 0 Å². The van der Waals surface area contributed by atoms with Gasteiger partial charge in [0.2, 0.25) is 0 Å². The minimum atomic E-state index is 0.210. The fourth-order valence-electron chi connectivity index (χ4n) is 4.03. The Balaban J connectivity index is 1.59. The van der Waals surface area contributed by atoms with Crippen LogP contribution >= 0.6 is 0 Å². The average Bonchev–Trinajstić information content (AvgIpc) is 2.95. The molecule has 2 heteroatoms. The molecule has 1 aliphatic heterocycles. The summed E-state index contributed by atoms with van der Waals surface area (Å²) >= 11 is 0. The summed E-state index contributed by atoms with van der Waals surface area (Å²) < 4.78 is 6.13. The number of hydrogen-bond donors (Lipinski definition) is 1. The van der Waals surface area contributed by atoms with Crippen LogP contribution in [-0.4, -0.2) is 18.2 Å². The van der Waals surface area contributed by atoms with Gasteiger partial charge in [-0.3, -0.25) is 0 Å². The Bertz CT molecular complexity index is 447. The van der Waals surface area contributed by atoms with Crippen LogP contribution in [0.5, 0.6) is 0 Å². The first-order valence-corrected chi connectivity index (χ1v) is 8.70. The van der Waals surface area contributed by atoms with Gasteiger partial charge in [-0.1, -0.05) is 44.0 Å². The largest absolute Gasteiger partial charge is 0.375 e. The molecule has 1 saturated carbocycles. The van der Waals surface area contributed by atoms with E-state index in [-0.39, 0.29) is 5.60 Å². The quantitative estimate of drug-likeness (QED) is 0.886. The van der Waals surface area contributed by atoms with Crippen molar-refractivity contribution in [3.63, 3.8) is 0 Å². The van der Waals surface area contributed by atoms with Crippen LogP contribution in [0, 0.1) is 0 Å². The van der Waals surface area contributed by atoms with Crippen LogP contribution in [-0.2, 0) is 11.2 Å². The fourth-order valence-corrected chi connectivity index (χ4v) is 4.03. The molecule has 2 nitrogen and oxygen atoms in total. The van der Waals surface area contributed by atoms with Crippen LogP contribution in [0.4, 0.5) is 0 Å². The van der Waals surface area contributed by atoms with Crippen molar-refractivity contribution in [2.24, 2.45) is 0 Å². The molecule has 1 aromatic carbocycles. The normalized spacial score (nSPS) is 26.1.